The van der Waals surface area contributed by atoms with E-state index in [1.54, 1.807) is 0 Å². The average Bonchev–Trinajstić information content (AvgIpc) is 2.77. The summed E-state index contributed by atoms with van der Waals surface area (Å²) in [5.74, 6) is -0.0321. The number of hydrogen-bond donors (Lipinski definition) is 1. The van der Waals surface area contributed by atoms with E-state index in [9.17, 15) is 4.79 Å². The van der Waals surface area contributed by atoms with Crippen molar-refractivity contribution < 1.29 is 14.6 Å². The fourth-order valence-electron chi connectivity index (χ4n) is 3.29. The predicted molar refractivity (Wildman–Crippen MR) is 114 cm³/mol. The SMILES string of the molecule is O=C(O)CCc1ccc(OCc2cc(-c3ccccc3)nc3ccccc23)cc1. The van der Waals surface area contributed by atoms with Crippen LogP contribution in [0, 0.1) is 0 Å². The summed E-state index contributed by atoms with van der Waals surface area (Å²) in [7, 11) is 0. The van der Waals surface area contributed by atoms with Gasteiger partial charge in [-0.15, -0.1) is 0 Å². The molecule has 0 aliphatic rings. The number of carboxylic acid groups (broad SMARTS) is 1. The standard InChI is InChI=1S/C25H21NO3/c27-25(28)15-12-18-10-13-21(14-11-18)29-17-20-16-24(19-6-2-1-3-7-19)26-23-9-5-4-8-22(20)23/h1-11,13-14,16H,12,15,17H2,(H,27,28). The molecule has 0 saturated carbocycles. The van der Waals surface area contributed by atoms with Gasteiger partial charge in [-0.3, -0.25) is 4.79 Å². The highest BCUT2D eigenvalue weighted by molar-refractivity contribution is 5.85. The number of carboxylic acids is 1. The van der Waals surface area contributed by atoms with E-state index in [-0.39, 0.29) is 6.42 Å². The van der Waals surface area contributed by atoms with E-state index in [0.29, 0.717) is 13.0 Å². The number of aryl methyl sites for hydroxylation is 1. The van der Waals surface area contributed by atoms with E-state index in [0.717, 1.165) is 39.0 Å². The zero-order valence-corrected chi connectivity index (χ0v) is 15.9. The van der Waals surface area contributed by atoms with Crippen LogP contribution < -0.4 is 4.74 Å². The maximum Gasteiger partial charge on any atom is 0.303 e. The number of aromatic nitrogens is 1. The Morgan fingerprint density at radius 2 is 1.62 bits per heavy atom. The summed E-state index contributed by atoms with van der Waals surface area (Å²) >= 11 is 0. The number of carbonyl (C=O) groups is 1. The number of nitrogens with zero attached hydrogens (tertiary/aromatic N) is 1. The van der Waals surface area contributed by atoms with Gasteiger partial charge < -0.3 is 9.84 Å². The zero-order chi connectivity index (χ0) is 20.1. The fraction of sp³-hybridized carbons (Fsp3) is 0.120. The molecule has 0 radical (unpaired) electrons. The van der Waals surface area contributed by atoms with Crippen molar-refractivity contribution in [2.24, 2.45) is 0 Å². The Bertz CT molecular complexity index is 1120. The fourth-order valence-corrected chi connectivity index (χ4v) is 3.29. The summed E-state index contributed by atoms with van der Waals surface area (Å²) in [5, 5.41) is 9.88. The van der Waals surface area contributed by atoms with E-state index in [1.165, 1.54) is 0 Å². The Balaban J connectivity index is 1.56. The van der Waals surface area contributed by atoms with E-state index in [4.69, 9.17) is 14.8 Å². The number of aliphatic carboxylic acids is 1. The summed E-state index contributed by atoms with van der Waals surface area (Å²) in [6.45, 7) is 0.428. The third-order valence-electron chi connectivity index (χ3n) is 4.82. The molecular weight excluding hydrogens is 362 g/mol. The third-order valence-corrected chi connectivity index (χ3v) is 4.82. The average molecular weight is 383 g/mol. The van der Waals surface area contributed by atoms with Crippen molar-refractivity contribution in [3.05, 3.63) is 96.1 Å². The van der Waals surface area contributed by atoms with Gasteiger partial charge in [0.25, 0.3) is 0 Å². The highest BCUT2D eigenvalue weighted by atomic mass is 16.5. The van der Waals surface area contributed by atoms with Crippen molar-refractivity contribution in [3.8, 4) is 17.0 Å². The normalized spacial score (nSPS) is 10.8. The van der Waals surface area contributed by atoms with Crippen molar-refractivity contribution in [2.45, 2.75) is 19.4 Å². The molecule has 4 rings (SSSR count). The number of para-hydroxylation sites is 1. The summed E-state index contributed by atoms with van der Waals surface area (Å²) in [5.41, 5.74) is 5.00. The van der Waals surface area contributed by atoms with Crippen LogP contribution in [0.3, 0.4) is 0 Å². The molecule has 3 aromatic carbocycles. The van der Waals surface area contributed by atoms with E-state index in [2.05, 4.69) is 24.3 Å². The number of hydrogen-bond acceptors (Lipinski definition) is 3. The molecule has 29 heavy (non-hydrogen) atoms. The second-order valence-corrected chi connectivity index (χ2v) is 6.88. The monoisotopic (exact) mass is 383 g/mol. The maximum atomic E-state index is 10.7. The minimum absolute atomic E-state index is 0.130. The second kappa shape index (κ2) is 8.57. The predicted octanol–water partition coefficient (Wildman–Crippen LogP) is 5.50. The Morgan fingerprint density at radius 1 is 0.897 bits per heavy atom. The van der Waals surface area contributed by atoms with Crippen LogP contribution in [0.15, 0.2) is 84.9 Å². The Hall–Kier alpha value is -3.66. The van der Waals surface area contributed by atoms with E-state index >= 15 is 0 Å². The van der Waals surface area contributed by atoms with E-state index < -0.39 is 5.97 Å². The quantitative estimate of drug-likeness (QED) is 0.458. The highest BCUT2D eigenvalue weighted by Crippen LogP contribution is 2.26. The van der Waals surface area contributed by atoms with Crippen molar-refractivity contribution in [2.75, 3.05) is 0 Å². The van der Waals surface area contributed by atoms with Crippen LogP contribution in [-0.2, 0) is 17.8 Å². The number of pyridine rings is 1. The Morgan fingerprint density at radius 3 is 2.38 bits per heavy atom. The molecule has 0 atom stereocenters. The smallest absolute Gasteiger partial charge is 0.303 e. The summed E-state index contributed by atoms with van der Waals surface area (Å²) in [6, 6.07) is 27.9. The van der Waals surface area contributed by atoms with Gasteiger partial charge in [-0.1, -0.05) is 60.7 Å². The van der Waals surface area contributed by atoms with Gasteiger partial charge in [0.1, 0.15) is 12.4 Å². The summed E-state index contributed by atoms with van der Waals surface area (Å²) < 4.78 is 6.03. The Kier molecular flexibility index (Phi) is 5.52. The van der Waals surface area contributed by atoms with Gasteiger partial charge in [0.15, 0.2) is 0 Å². The molecule has 144 valence electrons. The van der Waals surface area contributed by atoms with Crippen molar-refractivity contribution in [3.63, 3.8) is 0 Å². The molecule has 4 heteroatoms. The molecule has 4 nitrogen and oxygen atoms in total. The van der Waals surface area contributed by atoms with Crippen LogP contribution >= 0.6 is 0 Å². The molecule has 0 aliphatic carbocycles. The van der Waals surface area contributed by atoms with Gasteiger partial charge in [-0.25, -0.2) is 4.98 Å². The first kappa shape index (κ1) is 18.7. The van der Waals surface area contributed by atoms with Crippen LogP contribution in [0.4, 0.5) is 0 Å². The summed E-state index contributed by atoms with van der Waals surface area (Å²) in [6.07, 6.45) is 0.649. The topological polar surface area (TPSA) is 59.4 Å². The minimum Gasteiger partial charge on any atom is -0.489 e. The molecular formula is C25H21NO3. The number of rotatable bonds is 7. The van der Waals surface area contributed by atoms with Crippen molar-refractivity contribution in [1.82, 2.24) is 4.98 Å². The van der Waals surface area contributed by atoms with Gasteiger partial charge in [-0.05, 0) is 36.2 Å². The third kappa shape index (κ3) is 4.61. The van der Waals surface area contributed by atoms with Crippen LogP contribution in [0.25, 0.3) is 22.2 Å². The van der Waals surface area contributed by atoms with Gasteiger partial charge in [-0.2, -0.15) is 0 Å². The molecule has 0 amide bonds. The molecule has 1 aromatic heterocycles. The largest absolute Gasteiger partial charge is 0.489 e. The molecule has 0 saturated heterocycles. The van der Waals surface area contributed by atoms with Crippen LogP contribution in [-0.4, -0.2) is 16.1 Å². The molecule has 0 bridgehead atoms. The lowest BCUT2D eigenvalue weighted by molar-refractivity contribution is -0.136. The lowest BCUT2D eigenvalue weighted by Gasteiger charge is -2.12. The zero-order valence-electron chi connectivity index (χ0n) is 15.9. The first-order valence-electron chi connectivity index (χ1n) is 9.57. The molecule has 1 heterocycles. The van der Waals surface area contributed by atoms with Gasteiger partial charge >= 0.3 is 5.97 Å². The molecule has 4 aromatic rings. The number of ether oxygens (including phenoxy) is 1. The summed E-state index contributed by atoms with van der Waals surface area (Å²) in [4.78, 5) is 15.5. The first-order valence-corrected chi connectivity index (χ1v) is 9.57. The molecule has 0 spiro atoms. The van der Waals surface area contributed by atoms with Crippen LogP contribution in [0.2, 0.25) is 0 Å². The lowest BCUT2D eigenvalue weighted by atomic mass is 10.0. The maximum absolute atomic E-state index is 10.7. The molecule has 0 unspecified atom stereocenters. The number of benzene rings is 3. The lowest BCUT2D eigenvalue weighted by Crippen LogP contribution is -2.00. The van der Waals surface area contributed by atoms with Crippen molar-refractivity contribution >= 4 is 16.9 Å². The molecule has 0 aliphatic heterocycles. The minimum atomic E-state index is -0.788. The van der Waals surface area contributed by atoms with Gasteiger partial charge in [0.05, 0.1) is 11.2 Å². The highest BCUT2D eigenvalue weighted by Gasteiger charge is 2.08. The van der Waals surface area contributed by atoms with Crippen molar-refractivity contribution in [1.29, 1.82) is 0 Å². The van der Waals surface area contributed by atoms with Crippen LogP contribution in [0.5, 0.6) is 5.75 Å². The Labute approximate surface area is 169 Å². The van der Waals surface area contributed by atoms with Gasteiger partial charge in [0.2, 0.25) is 0 Å². The molecule has 0 fully saturated rings. The number of fused-ring (bicyclic) bond motifs is 1. The second-order valence-electron chi connectivity index (χ2n) is 6.88. The molecule has 1 N–H and O–H groups in total. The van der Waals surface area contributed by atoms with E-state index in [1.807, 2.05) is 60.7 Å². The first-order chi connectivity index (χ1) is 14.2. The van der Waals surface area contributed by atoms with Gasteiger partial charge in [0, 0.05) is 22.9 Å². The van der Waals surface area contributed by atoms with Crippen LogP contribution in [0.1, 0.15) is 17.5 Å².